The summed E-state index contributed by atoms with van der Waals surface area (Å²) in [6, 6.07) is 195. The Kier molecular flexibility index (Phi) is 20.3. The highest BCUT2D eigenvalue weighted by Gasteiger charge is 2.28. The Hall–Kier alpha value is -19.5. The van der Waals surface area contributed by atoms with Crippen molar-refractivity contribution in [3.05, 3.63) is 540 Å². The van der Waals surface area contributed by atoms with E-state index >= 15 is 0 Å². The third-order valence-electron chi connectivity index (χ3n) is 30.7. The van der Waals surface area contributed by atoms with Crippen molar-refractivity contribution < 1.29 is 13.3 Å². The van der Waals surface area contributed by atoms with Crippen LogP contribution in [0.15, 0.2) is 553 Å². The number of para-hydroxylation sites is 4. The molecule has 0 atom stereocenters. The number of furan rings is 3. The van der Waals surface area contributed by atoms with Gasteiger partial charge in [0.1, 0.15) is 33.5 Å². The summed E-state index contributed by atoms with van der Waals surface area (Å²) < 4.78 is 22.4. The Morgan fingerprint density at radius 3 is 0.919 bits per heavy atom. The SMILES string of the molecule is c1ccc(-c2ccc3oc4ccc(-c5c6ccccc6c(-c6ccc7ccccc7c6)c6ccccc56)cc4c3c2)cc1.c1ccc(-c2ccccc2-c2ccc(-c3c4ccccc4c(-c4ccc5ccccc5c4)c4ccccc34)c3c2oc2ccccc23)cc1.c1ccc(-n2c3ccccc3c3c(-c4cccc5c4oc4ccc(-c6c7ccccc7c(-c7ccc8ccccc8c7)c7ccccc67)cc45)cccc32)cc1. The van der Waals surface area contributed by atoms with Crippen LogP contribution in [0.3, 0.4) is 0 Å². The number of rotatable bonds is 11. The molecular formula is C144H89NO3. The summed E-state index contributed by atoms with van der Waals surface area (Å²) in [7, 11) is 0. The third kappa shape index (κ3) is 14.1. The quantitative estimate of drug-likeness (QED) is 0.121. The molecule has 0 saturated heterocycles. The highest BCUT2D eigenvalue weighted by atomic mass is 16.3. The number of hydrogen-bond acceptors (Lipinski definition) is 3. The molecular weight excluding hydrogens is 1790 g/mol. The summed E-state index contributed by atoms with van der Waals surface area (Å²) in [6.07, 6.45) is 0. The molecule has 27 aromatic carbocycles. The standard InChI is InChI=1S/C54H33NO.C48H30O.C42H26O/c1-2-16-38(17-3-1)55-48-26-11-10-22-46(48)53-43(23-13-27-49(53)55)44-24-12-25-45-47-33-37(30-31-50(47)56-54(44)45)52-41-20-8-6-18-39(41)51(40-19-7-9-21-42(40)52)36-29-28-34-14-4-5-15-35(34)32-36;1-2-15-32(16-3-1)35-18-6-7-19-36(35)41-28-29-43(47-42-24-12-13-25-44(42)49-48(41)47)46-39-22-10-8-20-37(39)45(38-21-9-11-23-40(38)46)34-27-26-31-14-4-5-17-33(31)30-34;1-2-10-27(11-3-1)30-20-22-39-37(25-30)38-26-32(21-23-40(38)43-39)42-35-16-8-6-14-33(35)41(34-15-7-9-17-36(34)42)31-19-18-28-12-4-5-13-29(28)24-31/h1-33H;1-30H;1-26H. The second-order valence-corrected chi connectivity index (χ2v) is 38.9. The van der Waals surface area contributed by atoms with Gasteiger partial charge in [0.15, 0.2) is 0 Å². The second-order valence-electron chi connectivity index (χ2n) is 38.9. The van der Waals surface area contributed by atoms with Crippen molar-refractivity contribution in [2.24, 2.45) is 0 Å². The summed E-state index contributed by atoms with van der Waals surface area (Å²) in [5.74, 6) is 0. The van der Waals surface area contributed by atoms with Gasteiger partial charge in [0.2, 0.25) is 0 Å². The monoisotopic (exact) mass is 1880 g/mol. The predicted octanol–water partition coefficient (Wildman–Crippen LogP) is 40.9. The Balaban J connectivity index is 0.000000106. The van der Waals surface area contributed by atoms with Gasteiger partial charge in [-0.15, -0.1) is 0 Å². The fourth-order valence-electron chi connectivity index (χ4n) is 24.1. The Labute approximate surface area is 853 Å². The Morgan fingerprint density at radius 1 is 0.128 bits per heavy atom. The van der Waals surface area contributed by atoms with E-state index in [0.717, 1.165) is 88.2 Å². The first-order valence-electron chi connectivity index (χ1n) is 50.9. The van der Waals surface area contributed by atoms with Gasteiger partial charge in [-0.2, -0.15) is 0 Å². The van der Waals surface area contributed by atoms with Gasteiger partial charge in [-0.1, -0.05) is 449 Å². The number of aromatic nitrogens is 1. The zero-order valence-electron chi connectivity index (χ0n) is 80.6. The van der Waals surface area contributed by atoms with E-state index in [1.807, 2.05) is 0 Å². The average Bonchev–Trinajstić information content (AvgIpc) is 1.18. The molecule has 0 N–H and O–H groups in total. The number of benzene rings is 27. The first-order valence-corrected chi connectivity index (χ1v) is 50.9. The van der Waals surface area contributed by atoms with Crippen LogP contribution in [0.5, 0.6) is 0 Å². The summed E-state index contributed by atoms with van der Waals surface area (Å²) in [4.78, 5) is 0. The fraction of sp³-hybridized carbons (Fsp3) is 0. The van der Waals surface area contributed by atoms with Crippen LogP contribution in [0.4, 0.5) is 0 Å². The lowest BCUT2D eigenvalue weighted by Crippen LogP contribution is -1.92. The smallest absolute Gasteiger partial charge is 0.143 e. The highest BCUT2D eigenvalue weighted by molar-refractivity contribution is 6.30. The van der Waals surface area contributed by atoms with Crippen LogP contribution >= 0.6 is 0 Å². The maximum absolute atomic E-state index is 6.86. The molecule has 0 aliphatic heterocycles. The van der Waals surface area contributed by atoms with Crippen molar-refractivity contribution in [2.45, 2.75) is 0 Å². The van der Waals surface area contributed by atoms with Crippen molar-refractivity contribution >= 4 is 185 Å². The summed E-state index contributed by atoms with van der Waals surface area (Å²) >= 11 is 0. The second kappa shape index (κ2) is 35.3. The zero-order valence-corrected chi connectivity index (χ0v) is 80.6. The van der Waals surface area contributed by atoms with Crippen LogP contribution in [0.2, 0.25) is 0 Å². The molecule has 0 saturated carbocycles. The van der Waals surface area contributed by atoms with Crippen LogP contribution in [-0.2, 0) is 0 Å². The van der Waals surface area contributed by atoms with Gasteiger partial charge in [-0.05, 0) is 288 Å². The minimum atomic E-state index is 0.886. The molecule has 4 aromatic heterocycles. The molecule has 0 aliphatic rings. The molecule has 0 spiro atoms. The molecule has 688 valence electrons. The molecule has 4 heteroatoms. The van der Waals surface area contributed by atoms with Gasteiger partial charge in [0, 0.05) is 59.9 Å². The first kappa shape index (κ1) is 85.3. The Bertz CT molecular complexity index is 10700. The van der Waals surface area contributed by atoms with Crippen LogP contribution in [-0.4, -0.2) is 4.57 Å². The van der Waals surface area contributed by atoms with Gasteiger partial charge < -0.3 is 17.8 Å². The van der Waals surface area contributed by atoms with Crippen molar-refractivity contribution in [3.8, 4) is 117 Å². The highest BCUT2D eigenvalue weighted by Crippen LogP contribution is 2.54. The topological polar surface area (TPSA) is 44.4 Å². The molecule has 0 aliphatic carbocycles. The van der Waals surface area contributed by atoms with Crippen LogP contribution in [0, 0.1) is 0 Å². The minimum Gasteiger partial charge on any atom is -0.456 e. The van der Waals surface area contributed by atoms with Gasteiger partial charge >= 0.3 is 0 Å². The van der Waals surface area contributed by atoms with E-state index in [1.165, 1.54) is 213 Å². The number of hydrogen-bond donors (Lipinski definition) is 0. The van der Waals surface area contributed by atoms with E-state index in [1.54, 1.807) is 0 Å². The zero-order chi connectivity index (χ0) is 97.4. The molecule has 0 amide bonds. The van der Waals surface area contributed by atoms with Crippen LogP contribution in [0.1, 0.15) is 0 Å². The predicted molar refractivity (Wildman–Crippen MR) is 627 cm³/mol. The average molecular weight is 1880 g/mol. The third-order valence-corrected chi connectivity index (χ3v) is 30.7. The van der Waals surface area contributed by atoms with Gasteiger partial charge in [0.05, 0.1) is 11.0 Å². The lowest BCUT2D eigenvalue weighted by atomic mass is 9.83. The van der Waals surface area contributed by atoms with E-state index in [4.69, 9.17) is 13.3 Å². The molecule has 0 fully saturated rings. The lowest BCUT2D eigenvalue weighted by Gasteiger charge is -2.19. The van der Waals surface area contributed by atoms with Gasteiger partial charge in [0.25, 0.3) is 0 Å². The van der Waals surface area contributed by atoms with E-state index in [2.05, 4.69) is 544 Å². The van der Waals surface area contributed by atoms with Gasteiger partial charge in [-0.3, -0.25) is 0 Å². The molecule has 0 bridgehead atoms. The molecule has 0 unspecified atom stereocenters. The summed E-state index contributed by atoms with van der Waals surface area (Å²) in [5.41, 5.74) is 33.0. The largest absolute Gasteiger partial charge is 0.456 e. The van der Waals surface area contributed by atoms with Crippen LogP contribution < -0.4 is 0 Å². The van der Waals surface area contributed by atoms with Crippen molar-refractivity contribution in [1.82, 2.24) is 4.57 Å². The van der Waals surface area contributed by atoms with E-state index in [0.29, 0.717) is 0 Å². The number of nitrogens with zero attached hydrogens (tertiary/aromatic N) is 1. The lowest BCUT2D eigenvalue weighted by molar-refractivity contribution is 0.669. The number of fused-ring (bicyclic) bond motifs is 21. The molecule has 31 rings (SSSR count). The first-order chi connectivity index (χ1) is 73.4. The van der Waals surface area contributed by atoms with Crippen molar-refractivity contribution in [1.29, 1.82) is 0 Å². The maximum atomic E-state index is 6.86. The van der Waals surface area contributed by atoms with E-state index in [9.17, 15) is 0 Å². The molecule has 0 radical (unpaired) electrons. The van der Waals surface area contributed by atoms with E-state index < -0.39 is 0 Å². The summed E-state index contributed by atoms with van der Waals surface area (Å²) in [6.45, 7) is 0. The van der Waals surface area contributed by atoms with Gasteiger partial charge in [-0.25, -0.2) is 0 Å². The molecule has 148 heavy (non-hydrogen) atoms. The molecule has 31 aromatic rings. The minimum absolute atomic E-state index is 0.886. The summed E-state index contributed by atoms with van der Waals surface area (Å²) in [5, 5.41) is 31.7. The fourth-order valence-corrected chi connectivity index (χ4v) is 24.1. The molecule has 4 nitrogen and oxygen atoms in total. The Morgan fingerprint density at radius 2 is 0.432 bits per heavy atom. The van der Waals surface area contributed by atoms with E-state index in [-0.39, 0.29) is 0 Å². The van der Waals surface area contributed by atoms with Crippen LogP contribution in [0.25, 0.3) is 302 Å². The molecule has 4 heterocycles. The maximum Gasteiger partial charge on any atom is 0.143 e. The van der Waals surface area contributed by atoms with Crippen molar-refractivity contribution in [3.63, 3.8) is 0 Å². The van der Waals surface area contributed by atoms with Crippen molar-refractivity contribution in [2.75, 3.05) is 0 Å². The normalized spacial score (nSPS) is 11.8.